The summed E-state index contributed by atoms with van der Waals surface area (Å²) in [4.78, 5) is 12.6. The van der Waals surface area contributed by atoms with Crippen LogP contribution in [0.1, 0.15) is 51.9 Å². The standard InChI is InChI=1S/C21H42N6/c1-3-22-21(23-11-6-13-26-14-7-12-25(2)16-17-26)24-19-10-15-27(18-19)20-8-4-5-9-20/h19-20H,3-18H2,1-2H3,(H2,22,23,24). The molecule has 3 rings (SSSR count). The minimum absolute atomic E-state index is 0.560. The Morgan fingerprint density at radius 3 is 2.67 bits per heavy atom. The van der Waals surface area contributed by atoms with Gasteiger partial charge in [0.05, 0.1) is 0 Å². The van der Waals surface area contributed by atoms with Crippen LogP contribution < -0.4 is 10.6 Å². The first-order valence-corrected chi connectivity index (χ1v) is 11.4. The highest BCUT2D eigenvalue weighted by Crippen LogP contribution is 2.26. The number of aliphatic imine (C=N–C) groups is 1. The maximum atomic E-state index is 4.86. The molecule has 2 aliphatic heterocycles. The highest BCUT2D eigenvalue weighted by molar-refractivity contribution is 5.80. The fraction of sp³-hybridized carbons (Fsp3) is 0.952. The minimum atomic E-state index is 0.560. The molecule has 1 atom stereocenters. The summed E-state index contributed by atoms with van der Waals surface area (Å²) in [5, 5.41) is 7.15. The van der Waals surface area contributed by atoms with Crippen molar-refractivity contribution in [2.75, 3.05) is 66.0 Å². The van der Waals surface area contributed by atoms with Crippen LogP contribution in [0.2, 0.25) is 0 Å². The van der Waals surface area contributed by atoms with Crippen molar-refractivity contribution in [3.8, 4) is 0 Å². The molecule has 0 aromatic heterocycles. The lowest BCUT2D eigenvalue weighted by molar-refractivity contribution is 0.242. The van der Waals surface area contributed by atoms with E-state index in [2.05, 4.69) is 39.3 Å². The molecule has 2 heterocycles. The number of guanidine groups is 1. The number of likely N-dealkylation sites (N-methyl/N-ethyl adjacent to an activating group) is 1. The minimum Gasteiger partial charge on any atom is -0.357 e. The molecule has 0 radical (unpaired) electrons. The molecular formula is C21H42N6. The number of rotatable bonds is 7. The lowest BCUT2D eigenvalue weighted by Crippen LogP contribution is -2.45. The molecular weight excluding hydrogens is 336 g/mol. The first-order valence-electron chi connectivity index (χ1n) is 11.4. The highest BCUT2D eigenvalue weighted by atomic mass is 15.3. The van der Waals surface area contributed by atoms with E-state index < -0.39 is 0 Å². The zero-order valence-corrected chi connectivity index (χ0v) is 17.8. The van der Waals surface area contributed by atoms with Gasteiger partial charge in [0.15, 0.2) is 5.96 Å². The second-order valence-corrected chi connectivity index (χ2v) is 8.68. The van der Waals surface area contributed by atoms with Crippen LogP contribution in [0.5, 0.6) is 0 Å². The Hall–Kier alpha value is -0.850. The van der Waals surface area contributed by atoms with E-state index in [1.807, 2.05) is 0 Å². The summed E-state index contributed by atoms with van der Waals surface area (Å²) in [6.07, 6.45) is 9.37. The van der Waals surface area contributed by atoms with Crippen LogP contribution in [0.4, 0.5) is 0 Å². The summed E-state index contributed by atoms with van der Waals surface area (Å²) in [6.45, 7) is 12.5. The van der Waals surface area contributed by atoms with Gasteiger partial charge in [0.25, 0.3) is 0 Å². The molecule has 0 spiro atoms. The fourth-order valence-electron chi connectivity index (χ4n) is 4.83. The normalized spacial score (nSPS) is 27.2. The summed E-state index contributed by atoms with van der Waals surface area (Å²) >= 11 is 0. The molecule has 0 bridgehead atoms. The number of nitrogens with one attached hydrogen (secondary N) is 2. The number of likely N-dealkylation sites (tertiary alicyclic amines) is 1. The van der Waals surface area contributed by atoms with E-state index in [-0.39, 0.29) is 0 Å². The topological polar surface area (TPSA) is 46.1 Å². The highest BCUT2D eigenvalue weighted by Gasteiger charge is 2.30. The van der Waals surface area contributed by atoms with Crippen molar-refractivity contribution in [2.45, 2.75) is 64.0 Å². The van der Waals surface area contributed by atoms with Crippen molar-refractivity contribution < 1.29 is 0 Å². The van der Waals surface area contributed by atoms with Crippen LogP contribution in [-0.2, 0) is 0 Å². The predicted molar refractivity (Wildman–Crippen MR) is 115 cm³/mol. The molecule has 27 heavy (non-hydrogen) atoms. The molecule has 3 aliphatic rings. The third-order valence-corrected chi connectivity index (χ3v) is 6.46. The molecule has 0 aromatic rings. The summed E-state index contributed by atoms with van der Waals surface area (Å²) in [5.41, 5.74) is 0. The smallest absolute Gasteiger partial charge is 0.191 e. The summed E-state index contributed by atoms with van der Waals surface area (Å²) in [6, 6.07) is 1.41. The Bertz CT molecular complexity index is 448. The zero-order chi connectivity index (χ0) is 18.9. The second kappa shape index (κ2) is 11.2. The fourth-order valence-corrected chi connectivity index (χ4v) is 4.83. The van der Waals surface area contributed by atoms with Crippen LogP contribution in [-0.4, -0.2) is 98.7 Å². The molecule has 0 aromatic carbocycles. The van der Waals surface area contributed by atoms with E-state index in [1.165, 1.54) is 84.3 Å². The van der Waals surface area contributed by atoms with Crippen LogP contribution in [0.15, 0.2) is 4.99 Å². The predicted octanol–water partition coefficient (Wildman–Crippen LogP) is 1.59. The zero-order valence-electron chi connectivity index (χ0n) is 17.8. The van der Waals surface area contributed by atoms with E-state index in [4.69, 9.17) is 4.99 Å². The Balaban J connectivity index is 1.37. The Morgan fingerprint density at radius 1 is 1.00 bits per heavy atom. The van der Waals surface area contributed by atoms with Gasteiger partial charge in [0.2, 0.25) is 0 Å². The largest absolute Gasteiger partial charge is 0.357 e. The summed E-state index contributed by atoms with van der Waals surface area (Å²) in [7, 11) is 2.24. The van der Waals surface area contributed by atoms with Gasteiger partial charge in [-0.15, -0.1) is 0 Å². The molecule has 1 unspecified atom stereocenters. The molecule has 6 nitrogen and oxygen atoms in total. The first-order chi connectivity index (χ1) is 13.2. The van der Waals surface area contributed by atoms with Gasteiger partial charge in [-0.3, -0.25) is 9.89 Å². The number of nitrogens with zero attached hydrogens (tertiary/aromatic N) is 4. The Morgan fingerprint density at radius 2 is 1.85 bits per heavy atom. The van der Waals surface area contributed by atoms with Crippen LogP contribution in [0.3, 0.4) is 0 Å². The van der Waals surface area contributed by atoms with E-state index in [0.717, 1.165) is 31.5 Å². The van der Waals surface area contributed by atoms with Gasteiger partial charge in [-0.05, 0) is 65.7 Å². The van der Waals surface area contributed by atoms with Crippen LogP contribution >= 0.6 is 0 Å². The monoisotopic (exact) mass is 378 g/mol. The lowest BCUT2D eigenvalue weighted by atomic mass is 10.2. The average Bonchev–Trinajstić information content (AvgIpc) is 3.30. The van der Waals surface area contributed by atoms with E-state index in [1.54, 1.807) is 0 Å². The van der Waals surface area contributed by atoms with E-state index in [0.29, 0.717) is 6.04 Å². The van der Waals surface area contributed by atoms with Gasteiger partial charge in [-0.25, -0.2) is 0 Å². The van der Waals surface area contributed by atoms with Crippen molar-refractivity contribution >= 4 is 5.96 Å². The molecule has 1 saturated carbocycles. The molecule has 156 valence electrons. The van der Waals surface area contributed by atoms with Crippen molar-refractivity contribution in [1.82, 2.24) is 25.3 Å². The van der Waals surface area contributed by atoms with Gasteiger partial charge in [-0.2, -0.15) is 0 Å². The van der Waals surface area contributed by atoms with Gasteiger partial charge >= 0.3 is 0 Å². The maximum Gasteiger partial charge on any atom is 0.191 e. The van der Waals surface area contributed by atoms with Gasteiger partial charge in [-0.1, -0.05) is 12.8 Å². The molecule has 2 N–H and O–H groups in total. The van der Waals surface area contributed by atoms with Gasteiger partial charge < -0.3 is 20.4 Å². The second-order valence-electron chi connectivity index (χ2n) is 8.68. The summed E-state index contributed by atoms with van der Waals surface area (Å²) < 4.78 is 0. The number of hydrogen-bond donors (Lipinski definition) is 2. The lowest BCUT2D eigenvalue weighted by Gasteiger charge is -2.24. The summed E-state index contributed by atoms with van der Waals surface area (Å²) in [5.74, 6) is 1.02. The quantitative estimate of drug-likeness (QED) is 0.400. The van der Waals surface area contributed by atoms with Gasteiger partial charge in [0, 0.05) is 51.4 Å². The molecule has 0 amide bonds. The van der Waals surface area contributed by atoms with Crippen molar-refractivity contribution in [2.24, 2.45) is 4.99 Å². The van der Waals surface area contributed by atoms with Crippen molar-refractivity contribution in [3.63, 3.8) is 0 Å². The third kappa shape index (κ3) is 6.91. The Labute approximate surface area is 166 Å². The third-order valence-electron chi connectivity index (χ3n) is 6.46. The van der Waals surface area contributed by atoms with Crippen LogP contribution in [0.25, 0.3) is 0 Å². The average molecular weight is 379 g/mol. The molecule has 6 heteroatoms. The van der Waals surface area contributed by atoms with Crippen LogP contribution in [0, 0.1) is 0 Å². The first kappa shape index (κ1) is 20.9. The van der Waals surface area contributed by atoms with Gasteiger partial charge in [0.1, 0.15) is 0 Å². The molecule has 1 aliphatic carbocycles. The van der Waals surface area contributed by atoms with Crippen molar-refractivity contribution in [1.29, 1.82) is 0 Å². The SMILES string of the molecule is CCNC(=NCCCN1CCCN(C)CC1)NC1CCN(C2CCCC2)C1. The Kier molecular flexibility index (Phi) is 8.68. The number of hydrogen-bond acceptors (Lipinski definition) is 4. The maximum absolute atomic E-state index is 4.86. The van der Waals surface area contributed by atoms with E-state index >= 15 is 0 Å². The molecule has 3 fully saturated rings. The van der Waals surface area contributed by atoms with E-state index in [9.17, 15) is 0 Å². The van der Waals surface area contributed by atoms with Crippen molar-refractivity contribution in [3.05, 3.63) is 0 Å². The molecule has 2 saturated heterocycles.